The van der Waals surface area contributed by atoms with Gasteiger partial charge in [0.2, 0.25) is 0 Å². The molecule has 1 saturated heterocycles. The van der Waals surface area contributed by atoms with Crippen LogP contribution < -0.4 is 5.73 Å². The van der Waals surface area contributed by atoms with Crippen molar-refractivity contribution in [2.45, 2.75) is 39.0 Å². The summed E-state index contributed by atoms with van der Waals surface area (Å²) in [5.41, 5.74) is 6.40. The number of hydrogen-bond donors (Lipinski definition) is 1. The summed E-state index contributed by atoms with van der Waals surface area (Å²) in [6.45, 7) is 9.81. The fraction of sp³-hybridized carbons (Fsp3) is 0.600. The third-order valence-electron chi connectivity index (χ3n) is 3.01. The molecule has 0 aromatic carbocycles. The molecule has 3 nitrogen and oxygen atoms in total. The van der Waals surface area contributed by atoms with Crippen LogP contribution in [0.5, 0.6) is 0 Å². The Morgan fingerprint density at radius 1 is 1.58 bits per heavy atom. The van der Waals surface area contributed by atoms with Gasteiger partial charge in [-0.15, -0.1) is 11.3 Å². The highest BCUT2D eigenvalue weighted by Gasteiger charge is 2.31. The molecule has 1 unspecified atom stereocenters. The van der Waals surface area contributed by atoms with E-state index in [1.165, 1.54) is 4.88 Å². The minimum absolute atomic E-state index is 0.0584. The van der Waals surface area contributed by atoms with Gasteiger partial charge in [-0.2, -0.15) is 0 Å². The van der Waals surface area contributed by atoms with E-state index < -0.39 is 0 Å². The van der Waals surface area contributed by atoms with Crippen molar-refractivity contribution in [2.24, 2.45) is 5.73 Å². The van der Waals surface area contributed by atoms with Gasteiger partial charge in [-0.25, -0.2) is 0 Å². The van der Waals surface area contributed by atoms with Crippen molar-refractivity contribution >= 4 is 11.3 Å². The molecule has 1 aliphatic heterocycles. The molecule has 2 rings (SSSR count). The maximum absolute atomic E-state index is 5.93. The van der Waals surface area contributed by atoms with Crippen LogP contribution >= 0.6 is 11.3 Å². The lowest BCUT2D eigenvalue weighted by atomic mass is 10.1. The summed E-state index contributed by atoms with van der Waals surface area (Å²) in [4.78, 5) is 3.81. The summed E-state index contributed by atoms with van der Waals surface area (Å²) in [6, 6.07) is 2.17. The second-order valence-corrected chi connectivity index (χ2v) is 6.66. The van der Waals surface area contributed by atoms with Gasteiger partial charge in [0.25, 0.3) is 0 Å². The van der Waals surface area contributed by atoms with Crippen LogP contribution in [-0.2, 0) is 11.3 Å². The lowest BCUT2D eigenvalue weighted by Gasteiger charge is -2.41. The molecule has 19 heavy (non-hydrogen) atoms. The normalized spacial score (nSPS) is 22.8. The van der Waals surface area contributed by atoms with Gasteiger partial charge in [0.1, 0.15) is 0 Å². The molecule has 0 aliphatic carbocycles. The Morgan fingerprint density at radius 3 is 3.05 bits per heavy atom. The molecule has 0 amide bonds. The van der Waals surface area contributed by atoms with Crippen LogP contribution in [0, 0.1) is 11.8 Å². The molecule has 0 radical (unpaired) electrons. The first-order valence-corrected chi connectivity index (χ1v) is 7.53. The van der Waals surface area contributed by atoms with E-state index in [-0.39, 0.29) is 5.60 Å². The molecular formula is C15H22N2OS. The average Bonchev–Trinajstić information content (AvgIpc) is 2.71. The Hall–Kier alpha value is -0.860. The maximum atomic E-state index is 5.93. The molecule has 1 aromatic rings. The van der Waals surface area contributed by atoms with Crippen molar-refractivity contribution in [1.82, 2.24) is 4.90 Å². The predicted octanol–water partition coefficient (Wildman–Crippen LogP) is 2.06. The maximum Gasteiger partial charge on any atom is 0.0757 e. The molecule has 1 aromatic heterocycles. The fourth-order valence-corrected chi connectivity index (χ4v) is 3.47. The standard InChI is InChI=1S/C15H22N2OS/c1-12-8-17(11-15(2,3)18-12)9-14-7-13(10-19-14)5-4-6-16/h7,10,12H,6,8-9,11,16H2,1-3H3. The monoisotopic (exact) mass is 278 g/mol. The van der Waals surface area contributed by atoms with Gasteiger partial charge >= 0.3 is 0 Å². The Labute approximate surface area is 119 Å². The lowest BCUT2D eigenvalue weighted by molar-refractivity contribution is -0.130. The van der Waals surface area contributed by atoms with Crippen LogP contribution in [0.15, 0.2) is 11.4 Å². The first-order chi connectivity index (χ1) is 8.98. The third-order valence-corrected chi connectivity index (χ3v) is 3.93. The minimum atomic E-state index is -0.0584. The molecule has 4 heteroatoms. The highest BCUT2D eigenvalue weighted by atomic mass is 32.1. The van der Waals surface area contributed by atoms with E-state index in [9.17, 15) is 0 Å². The van der Waals surface area contributed by atoms with Gasteiger partial charge in [0, 0.05) is 35.5 Å². The number of hydrogen-bond acceptors (Lipinski definition) is 4. The Kier molecular flexibility index (Phi) is 4.64. The van der Waals surface area contributed by atoms with E-state index in [0.717, 1.165) is 25.2 Å². The number of thiophene rings is 1. The summed E-state index contributed by atoms with van der Waals surface area (Å²) in [5.74, 6) is 5.97. The highest BCUT2D eigenvalue weighted by Crippen LogP contribution is 2.24. The zero-order chi connectivity index (χ0) is 13.9. The van der Waals surface area contributed by atoms with Crippen LogP contribution in [0.25, 0.3) is 0 Å². The van der Waals surface area contributed by atoms with E-state index in [1.54, 1.807) is 11.3 Å². The van der Waals surface area contributed by atoms with Gasteiger partial charge in [-0.3, -0.25) is 4.90 Å². The molecule has 0 saturated carbocycles. The van der Waals surface area contributed by atoms with Crippen LogP contribution in [0.4, 0.5) is 0 Å². The molecule has 0 bridgehead atoms. The second-order valence-electron chi connectivity index (χ2n) is 5.67. The molecular weight excluding hydrogens is 256 g/mol. The van der Waals surface area contributed by atoms with Gasteiger partial charge in [-0.1, -0.05) is 11.8 Å². The van der Waals surface area contributed by atoms with Gasteiger partial charge < -0.3 is 10.5 Å². The van der Waals surface area contributed by atoms with Crippen LogP contribution in [-0.4, -0.2) is 36.2 Å². The Morgan fingerprint density at radius 2 is 2.37 bits per heavy atom. The number of nitrogens with zero attached hydrogens (tertiary/aromatic N) is 1. The second kappa shape index (κ2) is 6.06. The minimum Gasteiger partial charge on any atom is -0.370 e. The van der Waals surface area contributed by atoms with Crippen molar-refractivity contribution in [1.29, 1.82) is 0 Å². The van der Waals surface area contributed by atoms with Crippen molar-refractivity contribution in [3.8, 4) is 11.8 Å². The predicted molar refractivity (Wildman–Crippen MR) is 80.2 cm³/mol. The van der Waals surface area contributed by atoms with Gasteiger partial charge in [0.05, 0.1) is 18.2 Å². The quantitative estimate of drug-likeness (QED) is 0.842. The fourth-order valence-electron chi connectivity index (χ4n) is 2.61. The SMILES string of the molecule is CC1CN(Cc2cc(C#CCN)cs2)CC(C)(C)O1. The molecule has 2 heterocycles. The Balaban J connectivity index is 1.99. The zero-order valence-corrected chi connectivity index (χ0v) is 12.7. The zero-order valence-electron chi connectivity index (χ0n) is 11.9. The van der Waals surface area contributed by atoms with Crippen molar-refractivity contribution in [3.63, 3.8) is 0 Å². The van der Waals surface area contributed by atoms with Crippen molar-refractivity contribution in [2.75, 3.05) is 19.6 Å². The van der Waals surface area contributed by atoms with E-state index in [4.69, 9.17) is 10.5 Å². The van der Waals surface area contributed by atoms with Crippen LogP contribution in [0.1, 0.15) is 31.2 Å². The summed E-state index contributed by atoms with van der Waals surface area (Å²) in [7, 11) is 0. The van der Waals surface area contributed by atoms with E-state index >= 15 is 0 Å². The molecule has 1 aliphatic rings. The van der Waals surface area contributed by atoms with E-state index in [2.05, 4.69) is 49.0 Å². The number of rotatable bonds is 2. The summed E-state index contributed by atoms with van der Waals surface area (Å²) >= 11 is 1.77. The molecule has 0 spiro atoms. The van der Waals surface area contributed by atoms with E-state index in [0.29, 0.717) is 12.6 Å². The Bertz CT molecular complexity index is 484. The molecule has 1 fully saturated rings. The average molecular weight is 278 g/mol. The van der Waals surface area contributed by atoms with Gasteiger partial charge in [-0.05, 0) is 26.8 Å². The molecule has 2 N–H and O–H groups in total. The molecule has 104 valence electrons. The van der Waals surface area contributed by atoms with Crippen LogP contribution in [0.3, 0.4) is 0 Å². The third kappa shape index (κ3) is 4.32. The first kappa shape index (κ1) is 14.5. The topological polar surface area (TPSA) is 38.5 Å². The number of nitrogens with two attached hydrogens (primary N) is 1. The summed E-state index contributed by atoms with van der Waals surface area (Å²) in [5, 5.41) is 2.10. The van der Waals surface area contributed by atoms with E-state index in [1.807, 2.05) is 0 Å². The lowest BCUT2D eigenvalue weighted by Crippen LogP contribution is -2.51. The number of ether oxygens (including phenoxy) is 1. The largest absolute Gasteiger partial charge is 0.370 e. The van der Waals surface area contributed by atoms with Crippen molar-refractivity contribution < 1.29 is 4.74 Å². The summed E-state index contributed by atoms with van der Waals surface area (Å²) < 4.78 is 5.93. The first-order valence-electron chi connectivity index (χ1n) is 6.65. The number of morpholine rings is 1. The van der Waals surface area contributed by atoms with Crippen LogP contribution in [0.2, 0.25) is 0 Å². The highest BCUT2D eigenvalue weighted by molar-refractivity contribution is 7.10. The smallest absolute Gasteiger partial charge is 0.0757 e. The summed E-state index contributed by atoms with van der Waals surface area (Å²) in [6.07, 6.45) is 0.292. The van der Waals surface area contributed by atoms with Crippen molar-refractivity contribution in [3.05, 3.63) is 21.9 Å². The molecule has 1 atom stereocenters. The van der Waals surface area contributed by atoms with Gasteiger partial charge in [0.15, 0.2) is 0 Å².